The highest BCUT2D eigenvalue weighted by Gasteiger charge is 2.23. The predicted octanol–water partition coefficient (Wildman–Crippen LogP) is 5.90. The van der Waals surface area contributed by atoms with Crippen molar-refractivity contribution in [3.05, 3.63) is 132 Å². The Morgan fingerprint density at radius 2 is 0.838 bits per heavy atom. The highest BCUT2D eigenvalue weighted by Crippen LogP contribution is 2.26. The fourth-order valence-electron chi connectivity index (χ4n) is 3.75. The first-order valence-corrected chi connectivity index (χ1v) is 12.6. The summed E-state index contributed by atoms with van der Waals surface area (Å²) >= 11 is 0. The van der Waals surface area contributed by atoms with Gasteiger partial charge in [0.1, 0.15) is 0 Å². The molecule has 2 atom stereocenters. The van der Waals surface area contributed by atoms with Gasteiger partial charge in [-0.05, 0) is 35.4 Å². The van der Waals surface area contributed by atoms with Crippen LogP contribution in [-0.2, 0) is 14.0 Å². The Balaban J connectivity index is 1.32. The molecule has 37 heavy (non-hydrogen) atoms. The number of nitrogens with one attached hydrogen (secondary N) is 2. The van der Waals surface area contributed by atoms with Crippen LogP contribution in [0.5, 0.6) is 0 Å². The van der Waals surface area contributed by atoms with E-state index in [1.807, 2.05) is 121 Å². The smallest absolute Gasteiger partial charge is 0.329 e. The normalized spacial score (nSPS) is 12.3. The largest absolute Gasteiger partial charge is 0.435 e. The average molecular weight is 490 g/mol. The van der Waals surface area contributed by atoms with Gasteiger partial charge >= 0.3 is 15.0 Å². The molecule has 0 fully saturated rings. The average Bonchev–Trinajstić information content (AvgIpc) is 2.97. The van der Waals surface area contributed by atoms with Gasteiger partial charge in [-0.3, -0.25) is 0 Å². The SMILES string of the molecule is [B](OCCNc1ccccc1)C(OC([B]OCCNc1ccccc1)c1ccccc1)c1ccccc1. The van der Waals surface area contributed by atoms with Crippen LogP contribution in [-0.4, -0.2) is 41.3 Å². The van der Waals surface area contributed by atoms with Crippen molar-refractivity contribution >= 4 is 26.3 Å². The summed E-state index contributed by atoms with van der Waals surface area (Å²) in [5.74, 6) is 0. The van der Waals surface area contributed by atoms with Crippen molar-refractivity contribution in [1.82, 2.24) is 0 Å². The molecule has 0 heterocycles. The van der Waals surface area contributed by atoms with Crippen molar-refractivity contribution in [1.29, 1.82) is 0 Å². The van der Waals surface area contributed by atoms with Crippen molar-refractivity contribution in [2.24, 2.45) is 0 Å². The van der Waals surface area contributed by atoms with Crippen LogP contribution in [0.25, 0.3) is 0 Å². The molecule has 0 aliphatic rings. The molecule has 7 heteroatoms. The molecule has 4 aromatic carbocycles. The Kier molecular flexibility index (Phi) is 11.2. The summed E-state index contributed by atoms with van der Waals surface area (Å²) in [5.41, 5.74) is 4.16. The summed E-state index contributed by atoms with van der Waals surface area (Å²) in [5, 5.41) is 6.72. The predicted molar refractivity (Wildman–Crippen MR) is 153 cm³/mol. The monoisotopic (exact) mass is 490 g/mol. The third kappa shape index (κ3) is 9.46. The molecule has 0 aromatic heterocycles. The van der Waals surface area contributed by atoms with Crippen LogP contribution in [0.4, 0.5) is 11.4 Å². The topological polar surface area (TPSA) is 51.8 Å². The summed E-state index contributed by atoms with van der Waals surface area (Å²) in [6.07, 6.45) is 0. The molecule has 4 aromatic rings. The molecule has 0 bridgehead atoms. The van der Waals surface area contributed by atoms with Crippen molar-refractivity contribution in [2.45, 2.75) is 12.0 Å². The van der Waals surface area contributed by atoms with Gasteiger partial charge in [0.25, 0.3) is 0 Å². The summed E-state index contributed by atoms with van der Waals surface area (Å²) in [7, 11) is 3.53. The summed E-state index contributed by atoms with van der Waals surface area (Å²) in [6, 6.07) is 39.6. The lowest BCUT2D eigenvalue weighted by atomic mass is 9.80. The van der Waals surface area contributed by atoms with E-state index in [1.165, 1.54) is 0 Å². The van der Waals surface area contributed by atoms with Gasteiger partial charge in [-0.2, -0.15) is 0 Å². The van der Waals surface area contributed by atoms with Gasteiger partial charge in [0.05, 0.1) is 12.0 Å². The molecule has 2 unspecified atom stereocenters. The van der Waals surface area contributed by atoms with Gasteiger partial charge in [0.2, 0.25) is 0 Å². The highest BCUT2D eigenvalue weighted by molar-refractivity contribution is 6.31. The Bertz CT molecular complexity index is 1030. The van der Waals surface area contributed by atoms with E-state index in [1.54, 1.807) is 15.0 Å². The van der Waals surface area contributed by atoms with E-state index in [0.717, 1.165) is 22.5 Å². The lowest BCUT2D eigenvalue weighted by Crippen LogP contribution is -2.25. The zero-order chi connectivity index (χ0) is 25.4. The Labute approximate surface area is 221 Å². The van der Waals surface area contributed by atoms with Gasteiger partial charge in [0, 0.05) is 37.7 Å². The van der Waals surface area contributed by atoms with E-state index in [2.05, 4.69) is 10.6 Å². The molecular weight excluding hydrogens is 458 g/mol. The molecule has 2 N–H and O–H groups in total. The number of para-hydroxylation sites is 2. The van der Waals surface area contributed by atoms with Crippen LogP contribution in [0.1, 0.15) is 23.1 Å². The van der Waals surface area contributed by atoms with Gasteiger partial charge in [-0.25, -0.2) is 0 Å². The number of anilines is 2. The minimum absolute atomic E-state index is 0.370. The number of hydrogen-bond donors (Lipinski definition) is 2. The minimum Gasteiger partial charge on any atom is -0.435 e. The van der Waals surface area contributed by atoms with Crippen LogP contribution < -0.4 is 10.6 Å². The molecule has 0 saturated carbocycles. The first kappa shape index (κ1) is 26.6. The number of hydrogen-bond acceptors (Lipinski definition) is 5. The number of ether oxygens (including phenoxy) is 1. The van der Waals surface area contributed by atoms with Crippen molar-refractivity contribution < 1.29 is 14.0 Å². The van der Waals surface area contributed by atoms with E-state index in [0.29, 0.717) is 26.3 Å². The zero-order valence-electron chi connectivity index (χ0n) is 20.9. The number of rotatable bonds is 16. The molecule has 186 valence electrons. The Morgan fingerprint density at radius 1 is 0.486 bits per heavy atom. The van der Waals surface area contributed by atoms with Gasteiger partial charge in [0.15, 0.2) is 0 Å². The molecule has 0 spiro atoms. The minimum atomic E-state index is -0.370. The molecule has 4 rings (SSSR count). The molecule has 0 aliphatic carbocycles. The first-order valence-electron chi connectivity index (χ1n) is 12.6. The third-order valence-electron chi connectivity index (χ3n) is 5.63. The fraction of sp³-hybridized carbons (Fsp3) is 0.200. The van der Waals surface area contributed by atoms with E-state index in [9.17, 15) is 0 Å². The second-order valence-corrected chi connectivity index (χ2v) is 8.40. The summed E-state index contributed by atoms with van der Waals surface area (Å²) in [4.78, 5) is 0. The third-order valence-corrected chi connectivity index (χ3v) is 5.63. The molecule has 5 nitrogen and oxygen atoms in total. The maximum Gasteiger partial charge on any atom is 0.329 e. The van der Waals surface area contributed by atoms with Crippen LogP contribution in [0, 0.1) is 0 Å². The second kappa shape index (κ2) is 15.6. The fourth-order valence-corrected chi connectivity index (χ4v) is 3.75. The molecule has 0 saturated heterocycles. The first-order chi connectivity index (χ1) is 18.4. The van der Waals surface area contributed by atoms with Crippen molar-refractivity contribution in [3.8, 4) is 0 Å². The maximum atomic E-state index is 6.55. The molecule has 0 amide bonds. The molecular formula is C30H32B2N2O3. The van der Waals surface area contributed by atoms with Gasteiger partial charge in [-0.15, -0.1) is 0 Å². The van der Waals surface area contributed by atoms with Crippen LogP contribution in [0.15, 0.2) is 121 Å². The number of benzene rings is 4. The quantitative estimate of drug-likeness (QED) is 0.152. The summed E-state index contributed by atoms with van der Waals surface area (Å²) < 4.78 is 18.4. The van der Waals surface area contributed by atoms with E-state index in [-0.39, 0.29) is 12.0 Å². The zero-order valence-corrected chi connectivity index (χ0v) is 20.9. The standard InChI is InChI=1S/C30H32B2N2O3/c1-5-13-25(14-6-1)29(31-35-23-21-33-27-17-9-3-10-18-27)37-30(26-15-7-2-8-16-26)32-36-24-22-34-28-19-11-4-12-20-28/h1-20,29-30,33-34H,21-24H2. The lowest BCUT2D eigenvalue weighted by molar-refractivity contribution is 0.0569. The van der Waals surface area contributed by atoms with Gasteiger partial charge < -0.3 is 24.7 Å². The van der Waals surface area contributed by atoms with E-state index < -0.39 is 0 Å². The van der Waals surface area contributed by atoms with E-state index in [4.69, 9.17) is 14.0 Å². The maximum absolute atomic E-state index is 6.55. The highest BCUT2D eigenvalue weighted by atomic mass is 16.5. The lowest BCUT2D eigenvalue weighted by Gasteiger charge is -2.24. The Morgan fingerprint density at radius 3 is 1.22 bits per heavy atom. The molecule has 2 radical (unpaired) electrons. The summed E-state index contributed by atoms with van der Waals surface area (Å²) in [6.45, 7) is 2.41. The Hall–Kier alpha value is -3.51. The van der Waals surface area contributed by atoms with Crippen LogP contribution >= 0.6 is 0 Å². The molecule has 0 aliphatic heterocycles. The van der Waals surface area contributed by atoms with Crippen molar-refractivity contribution in [2.75, 3.05) is 36.9 Å². The second-order valence-electron chi connectivity index (χ2n) is 8.40. The van der Waals surface area contributed by atoms with E-state index >= 15 is 0 Å². The van der Waals surface area contributed by atoms with Crippen molar-refractivity contribution in [3.63, 3.8) is 0 Å². The van der Waals surface area contributed by atoms with Crippen LogP contribution in [0.2, 0.25) is 0 Å². The van der Waals surface area contributed by atoms with Crippen LogP contribution in [0.3, 0.4) is 0 Å². The van der Waals surface area contributed by atoms with Gasteiger partial charge in [-0.1, -0.05) is 97.1 Å².